The molecule has 0 spiro atoms. The molecule has 0 aliphatic carbocycles. The van der Waals surface area contributed by atoms with Crippen LogP contribution < -0.4 is 21.6 Å². The zero-order chi connectivity index (χ0) is 24.2. The highest BCUT2D eigenvalue weighted by Crippen LogP contribution is 2.23. The van der Waals surface area contributed by atoms with E-state index in [1.807, 2.05) is 0 Å². The fraction of sp³-hybridized carbons (Fsp3) is 0.381. The van der Waals surface area contributed by atoms with Crippen molar-refractivity contribution in [2.45, 2.75) is 32.2 Å². The minimum absolute atomic E-state index is 0.0200. The normalized spacial score (nSPS) is 14.1. The van der Waals surface area contributed by atoms with Crippen molar-refractivity contribution in [1.29, 1.82) is 0 Å². The van der Waals surface area contributed by atoms with Crippen molar-refractivity contribution in [2.24, 2.45) is 12.1 Å². The minimum atomic E-state index is -0.551. The van der Waals surface area contributed by atoms with Gasteiger partial charge in [0, 0.05) is 45.2 Å². The van der Waals surface area contributed by atoms with Crippen LogP contribution in [0.4, 0.5) is 11.6 Å². The van der Waals surface area contributed by atoms with Crippen LogP contribution in [-0.4, -0.2) is 49.2 Å². The molecule has 1 saturated heterocycles. The van der Waals surface area contributed by atoms with Crippen LogP contribution in [0.1, 0.15) is 31.2 Å². The summed E-state index contributed by atoms with van der Waals surface area (Å²) in [5.41, 5.74) is 2.38. The molecule has 1 aliphatic heterocycles. The first-order valence-electron chi connectivity index (χ1n) is 10.9. The number of carbonyl (C=O) groups is 1. The second-order valence-electron chi connectivity index (χ2n) is 7.99. The summed E-state index contributed by atoms with van der Waals surface area (Å²) in [6.45, 7) is 1.73. The van der Waals surface area contributed by atoms with Crippen LogP contribution in [0.2, 0.25) is 0 Å². The van der Waals surface area contributed by atoms with E-state index in [4.69, 9.17) is 0 Å². The Morgan fingerprint density at radius 2 is 1.94 bits per heavy atom. The van der Waals surface area contributed by atoms with E-state index in [2.05, 4.69) is 25.4 Å². The molecule has 13 nitrogen and oxygen atoms in total. The quantitative estimate of drug-likeness (QED) is 0.295. The van der Waals surface area contributed by atoms with E-state index in [9.17, 15) is 24.5 Å². The predicted octanol–water partition coefficient (Wildman–Crippen LogP) is 0.862. The predicted molar refractivity (Wildman–Crippen MR) is 125 cm³/mol. The van der Waals surface area contributed by atoms with Crippen molar-refractivity contribution in [2.75, 3.05) is 18.0 Å². The Morgan fingerprint density at radius 3 is 2.62 bits per heavy atom. The summed E-state index contributed by atoms with van der Waals surface area (Å²) in [5.74, 6) is 0.175. The van der Waals surface area contributed by atoms with Gasteiger partial charge in [0.05, 0.1) is 11.1 Å². The van der Waals surface area contributed by atoms with Crippen LogP contribution in [0.5, 0.6) is 0 Å². The lowest BCUT2D eigenvalue weighted by atomic mass is 10.1. The first kappa shape index (κ1) is 22.9. The number of aromatic nitrogens is 4. The van der Waals surface area contributed by atoms with Gasteiger partial charge in [0.1, 0.15) is 0 Å². The van der Waals surface area contributed by atoms with E-state index in [-0.39, 0.29) is 35.7 Å². The monoisotopic (exact) mass is 468 g/mol. The zero-order valence-electron chi connectivity index (χ0n) is 18.6. The summed E-state index contributed by atoms with van der Waals surface area (Å²) >= 11 is 0. The average molecular weight is 468 g/mol. The number of nitrogens with one attached hydrogen (secondary N) is 2. The van der Waals surface area contributed by atoms with Gasteiger partial charge in [0.25, 0.3) is 11.2 Å². The Bertz CT molecular complexity index is 1360. The summed E-state index contributed by atoms with van der Waals surface area (Å²) in [7, 11) is 1.54. The molecule has 178 valence electrons. The second-order valence-corrected chi connectivity index (χ2v) is 7.99. The summed E-state index contributed by atoms with van der Waals surface area (Å²) in [5, 5.41) is 14.6. The standard InChI is InChI=1S/C21H24N8O5/c1-26-18-17(19(31)24-21(26)32)28(20(23-18)27-10-3-2-4-11-27)12-9-16(30)25-22-13-14-5-7-15(8-6-14)29(33)34/h5-8,13H,2-4,9-12H2,1H3,(H,25,30)(H,24,31,32)/b22-13-. The van der Waals surface area contributed by atoms with E-state index in [1.165, 1.54) is 42.1 Å². The number of fused-ring (bicyclic) bond motifs is 1. The average Bonchev–Trinajstić information content (AvgIpc) is 3.22. The number of anilines is 1. The number of piperidine rings is 1. The van der Waals surface area contributed by atoms with Crippen molar-refractivity contribution >= 4 is 34.9 Å². The van der Waals surface area contributed by atoms with Gasteiger partial charge in [-0.05, 0) is 37.0 Å². The largest absolute Gasteiger partial charge is 0.342 e. The van der Waals surface area contributed by atoms with E-state index in [0.29, 0.717) is 11.5 Å². The van der Waals surface area contributed by atoms with Gasteiger partial charge in [-0.1, -0.05) is 0 Å². The van der Waals surface area contributed by atoms with Crippen LogP contribution in [0.25, 0.3) is 11.2 Å². The van der Waals surface area contributed by atoms with Crippen molar-refractivity contribution in [3.63, 3.8) is 0 Å². The Labute approximate surface area is 192 Å². The van der Waals surface area contributed by atoms with Gasteiger partial charge in [0.15, 0.2) is 11.2 Å². The van der Waals surface area contributed by atoms with Crippen molar-refractivity contribution in [1.82, 2.24) is 24.5 Å². The molecule has 0 saturated carbocycles. The number of rotatable bonds is 7. The van der Waals surface area contributed by atoms with Gasteiger partial charge in [-0.25, -0.2) is 10.2 Å². The maximum absolute atomic E-state index is 12.6. The maximum Gasteiger partial charge on any atom is 0.329 e. The molecule has 1 aliphatic rings. The maximum atomic E-state index is 12.6. The molecule has 0 radical (unpaired) electrons. The van der Waals surface area contributed by atoms with E-state index < -0.39 is 16.2 Å². The lowest BCUT2D eigenvalue weighted by Gasteiger charge is -2.28. The summed E-state index contributed by atoms with van der Waals surface area (Å²) < 4.78 is 2.97. The molecular formula is C21H24N8O5. The molecule has 2 N–H and O–H groups in total. The Kier molecular flexibility index (Phi) is 6.52. The Balaban J connectivity index is 1.51. The number of H-pyrrole nitrogens is 1. The van der Waals surface area contributed by atoms with Crippen LogP contribution in [0, 0.1) is 10.1 Å². The highest BCUT2D eigenvalue weighted by Gasteiger charge is 2.23. The van der Waals surface area contributed by atoms with Crippen LogP contribution in [0.15, 0.2) is 39.0 Å². The van der Waals surface area contributed by atoms with Crippen molar-refractivity contribution in [3.05, 3.63) is 60.8 Å². The molecule has 0 unspecified atom stereocenters. The van der Waals surface area contributed by atoms with Crippen LogP contribution in [-0.2, 0) is 18.4 Å². The Hall–Kier alpha value is -4.29. The van der Waals surface area contributed by atoms with Gasteiger partial charge in [-0.3, -0.25) is 29.3 Å². The Morgan fingerprint density at radius 1 is 1.24 bits per heavy atom. The molecule has 1 aromatic carbocycles. The first-order valence-corrected chi connectivity index (χ1v) is 10.9. The van der Waals surface area contributed by atoms with Crippen LogP contribution in [0.3, 0.4) is 0 Å². The first-order chi connectivity index (χ1) is 16.3. The number of imidazole rings is 1. The highest BCUT2D eigenvalue weighted by molar-refractivity contribution is 5.83. The smallest absolute Gasteiger partial charge is 0.329 e. The molecule has 4 rings (SSSR count). The number of aromatic amines is 1. The number of nitro benzene ring substituents is 1. The van der Waals surface area contributed by atoms with Gasteiger partial charge in [-0.15, -0.1) is 0 Å². The SMILES string of the molecule is Cn1c(=O)[nH]c(=O)c2c1nc(N1CCCCC1)n2CCC(=O)N/N=C\c1ccc([N+](=O)[O-])cc1. The third kappa shape index (κ3) is 4.72. The number of hydrazone groups is 1. The number of hydrogen-bond acceptors (Lipinski definition) is 8. The number of amides is 1. The number of nitro groups is 1. The van der Waals surface area contributed by atoms with E-state index >= 15 is 0 Å². The second kappa shape index (κ2) is 9.68. The zero-order valence-corrected chi connectivity index (χ0v) is 18.6. The summed E-state index contributed by atoms with van der Waals surface area (Å²) in [6, 6.07) is 5.74. The fourth-order valence-electron chi connectivity index (χ4n) is 3.90. The topological polar surface area (TPSA) is 161 Å². The summed E-state index contributed by atoms with van der Waals surface area (Å²) in [6.07, 6.45) is 4.51. The molecule has 3 aromatic rings. The van der Waals surface area contributed by atoms with E-state index in [1.54, 1.807) is 4.57 Å². The molecule has 13 heteroatoms. The van der Waals surface area contributed by atoms with Gasteiger partial charge < -0.3 is 9.47 Å². The molecule has 0 bridgehead atoms. The molecule has 3 heterocycles. The number of non-ortho nitro benzene ring substituents is 1. The van der Waals surface area contributed by atoms with E-state index in [0.717, 1.165) is 32.4 Å². The lowest BCUT2D eigenvalue weighted by molar-refractivity contribution is -0.384. The molecule has 2 aromatic heterocycles. The molecule has 34 heavy (non-hydrogen) atoms. The number of hydrogen-bond donors (Lipinski definition) is 2. The number of aryl methyl sites for hydroxylation is 2. The van der Waals surface area contributed by atoms with Gasteiger partial charge in [-0.2, -0.15) is 10.1 Å². The number of nitrogens with zero attached hydrogens (tertiary/aromatic N) is 6. The molecule has 1 amide bonds. The summed E-state index contributed by atoms with van der Waals surface area (Å²) in [4.78, 5) is 56.2. The third-order valence-corrected chi connectivity index (χ3v) is 5.70. The third-order valence-electron chi connectivity index (χ3n) is 5.70. The minimum Gasteiger partial charge on any atom is -0.342 e. The lowest BCUT2D eigenvalue weighted by Crippen LogP contribution is -2.33. The van der Waals surface area contributed by atoms with Gasteiger partial charge >= 0.3 is 5.69 Å². The number of carbonyl (C=O) groups excluding carboxylic acids is 1. The molecule has 1 fully saturated rings. The molecule has 0 atom stereocenters. The van der Waals surface area contributed by atoms with Gasteiger partial charge in [0.2, 0.25) is 11.9 Å². The number of benzene rings is 1. The molecular weight excluding hydrogens is 444 g/mol. The van der Waals surface area contributed by atoms with Crippen molar-refractivity contribution in [3.8, 4) is 0 Å². The van der Waals surface area contributed by atoms with Crippen molar-refractivity contribution < 1.29 is 9.72 Å². The fourth-order valence-corrected chi connectivity index (χ4v) is 3.90. The highest BCUT2D eigenvalue weighted by atomic mass is 16.6. The van der Waals surface area contributed by atoms with Crippen LogP contribution >= 0.6 is 0 Å².